The number of aromatic nitrogens is 1. The van der Waals surface area contributed by atoms with Gasteiger partial charge in [-0.2, -0.15) is 0 Å². The highest BCUT2D eigenvalue weighted by atomic mass is 16.2. The van der Waals surface area contributed by atoms with Crippen molar-refractivity contribution in [2.75, 3.05) is 5.32 Å². The lowest BCUT2D eigenvalue weighted by molar-refractivity contribution is 0.0938. The first-order valence-corrected chi connectivity index (χ1v) is 10.3. The number of nitrogens with zero attached hydrogens (tertiary/aromatic N) is 2. The number of hydrogen-bond acceptors (Lipinski definition) is 3. The van der Waals surface area contributed by atoms with Crippen molar-refractivity contribution in [1.29, 1.82) is 0 Å². The van der Waals surface area contributed by atoms with Gasteiger partial charge in [0.15, 0.2) is 0 Å². The fourth-order valence-corrected chi connectivity index (χ4v) is 4.44. The van der Waals surface area contributed by atoms with Gasteiger partial charge in [0.05, 0.1) is 11.4 Å². The van der Waals surface area contributed by atoms with Crippen LogP contribution in [-0.2, 0) is 6.54 Å². The summed E-state index contributed by atoms with van der Waals surface area (Å²) >= 11 is 0. The number of anilines is 1. The number of carbonyl (C=O) groups is 1. The van der Waals surface area contributed by atoms with Crippen molar-refractivity contribution in [3.8, 4) is 11.1 Å². The Morgan fingerprint density at radius 2 is 1.79 bits per heavy atom. The molecule has 1 saturated heterocycles. The molecule has 1 aliphatic rings. The van der Waals surface area contributed by atoms with Crippen LogP contribution in [0.1, 0.15) is 38.8 Å². The Morgan fingerprint density at radius 3 is 2.45 bits per heavy atom. The van der Waals surface area contributed by atoms with E-state index >= 15 is 0 Å². The fourth-order valence-electron chi connectivity index (χ4n) is 4.44. The van der Waals surface area contributed by atoms with E-state index in [0.29, 0.717) is 12.1 Å². The zero-order valence-electron chi connectivity index (χ0n) is 17.1. The van der Waals surface area contributed by atoms with E-state index in [1.807, 2.05) is 36.5 Å². The average Bonchev–Trinajstić information content (AvgIpc) is 2.71. The van der Waals surface area contributed by atoms with Crippen LogP contribution in [0.25, 0.3) is 21.9 Å². The number of benzene rings is 2. The van der Waals surface area contributed by atoms with Crippen LogP contribution in [0.3, 0.4) is 0 Å². The molecule has 29 heavy (non-hydrogen) atoms. The number of nitrogens with two attached hydrogens (primary N) is 1. The number of likely N-dealkylation sites (tertiary alicyclic amines) is 1. The van der Waals surface area contributed by atoms with Gasteiger partial charge in [0, 0.05) is 35.8 Å². The lowest BCUT2D eigenvalue weighted by atomic mass is 9.96. The number of carbonyl (C=O) groups excluding carboxylic acids is 1. The van der Waals surface area contributed by atoms with Crippen molar-refractivity contribution in [2.45, 2.75) is 51.7 Å². The summed E-state index contributed by atoms with van der Waals surface area (Å²) < 4.78 is 0. The summed E-state index contributed by atoms with van der Waals surface area (Å²) in [5.41, 5.74) is 9.29. The molecule has 3 aromatic rings. The number of pyridine rings is 1. The molecule has 1 aliphatic heterocycles. The minimum absolute atomic E-state index is 0.560. The third-order valence-corrected chi connectivity index (χ3v) is 6.04. The zero-order valence-corrected chi connectivity index (χ0v) is 17.1. The first kappa shape index (κ1) is 19.4. The monoisotopic (exact) mass is 388 g/mol. The van der Waals surface area contributed by atoms with Crippen LogP contribution in [0, 0.1) is 0 Å². The molecule has 1 fully saturated rings. The number of rotatable bonds is 4. The first-order chi connectivity index (χ1) is 14.0. The van der Waals surface area contributed by atoms with Gasteiger partial charge >= 0.3 is 6.03 Å². The minimum Gasteiger partial charge on any atom is -0.351 e. The zero-order chi connectivity index (χ0) is 20.4. The summed E-state index contributed by atoms with van der Waals surface area (Å²) in [4.78, 5) is 18.6. The van der Waals surface area contributed by atoms with E-state index in [-0.39, 0.29) is 0 Å². The number of hydrogen-bond donors (Lipinski definition) is 2. The molecule has 150 valence electrons. The molecular weight excluding hydrogens is 360 g/mol. The van der Waals surface area contributed by atoms with Gasteiger partial charge in [-0.25, -0.2) is 4.79 Å². The Morgan fingerprint density at radius 1 is 1.07 bits per heavy atom. The van der Waals surface area contributed by atoms with Gasteiger partial charge < -0.3 is 11.1 Å². The SMILES string of the molecule is CC1CCCC(C)N1Cc1ccc(-c2ccc(NC(N)=O)c3ccccc23)cn1. The van der Waals surface area contributed by atoms with Crippen LogP contribution in [0.5, 0.6) is 0 Å². The highest BCUT2D eigenvalue weighted by molar-refractivity contribution is 6.07. The predicted molar refractivity (Wildman–Crippen MR) is 119 cm³/mol. The standard InChI is InChI=1S/C24H28N4O/c1-16-6-5-7-17(2)28(16)15-19-11-10-18(14-26-19)20-12-13-23(27-24(25)29)22-9-4-3-8-21(20)22/h3-4,8-14,16-17H,5-7,15H2,1-2H3,(H3,25,27,29). The van der Waals surface area contributed by atoms with Crippen molar-refractivity contribution in [3.63, 3.8) is 0 Å². The van der Waals surface area contributed by atoms with Crippen molar-refractivity contribution in [2.24, 2.45) is 5.73 Å². The molecule has 0 aliphatic carbocycles. The van der Waals surface area contributed by atoms with Gasteiger partial charge in [-0.15, -0.1) is 0 Å². The van der Waals surface area contributed by atoms with Crippen LogP contribution in [0.15, 0.2) is 54.7 Å². The van der Waals surface area contributed by atoms with Gasteiger partial charge in [-0.05, 0) is 49.8 Å². The molecule has 3 N–H and O–H groups in total. The summed E-state index contributed by atoms with van der Waals surface area (Å²) in [6.07, 6.45) is 5.80. The second-order valence-electron chi connectivity index (χ2n) is 8.04. The predicted octanol–water partition coefficient (Wildman–Crippen LogP) is 5.16. The molecule has 0 bridgehead atoms. The van der Waals surface area contributed by atoms with E-state index in [0.717, 1.165) is 39.8 Å². The second-order valence-corrected chi connectivity index (χ2v) is 8.04. The quantitative estimate of drug-likeness (QED) is 0.649. The van der Waals surface area contributed by atoms with Gasteiger partial charge in [0.1, 0.15) is 0 Å². The summed E-state index contributed by atoms with van der Waals surface area (Å²) in [6.45, 7) is 5.53. The second kappa shape index (κ2) is 8.21. The molecular formula is C24H28N4O. The summed E-state index contributed by atoms with van der Waals surface area (Å²) in [5, 5.41) is 4.73. The third-order valence-electron chi connectivity index (χ3n) is 6.04. The summed E-state index contributed by atoms with van der Waals surface area (Å²) in [7, 11) is 0. The van der Waals surface area contributed by atoms with Crippen LogP contribution in [0.4, 0.5) is 10.5 Å². The Labute approximate surface area is 171 Å². The van der Waals surface area contributed by atoms with Crippen LogP contribution < -0.4 is 11.1 Å². The van der Waals surface area contributed by atoms with Crippen LogP contribution in [0.2, 0.25) is 0 Å². The lowest BCUT2D eigenvalue weighted by Gasteiger charge is -2.38. The Hall–Kier alpha value is -2.92. The molecule has 2 aromatic carbocycles. The number of urea groups is 1. The first-order valence-electron chi connectivity index (χ1n) is 10.3. The minimum atomic E-state index is -0.560. The molecule has 0 radical (unpaired) electrons. The molecule has 2 amide bonds. The van der Waals surface area contributed by atoms with E-state index in [9.17, 15) is 4.79 Å². The number of piperidine rings is 1. The Kier molecular flexibility index (Phi) is 5.49. The van der Waals surface area contributed by atoms with Gasteiger partial charge in [0.25, 0.3) is 0 Å². The highest BCUT2D eigenvalue weighted by Gasteiger charge is 2.24. The van der Waals surface area contributed by atoms with Crippen LogP contribution >= 0.6 is 0 Å². The van der Waals surface area contributed by atoms with E-state index in [2.05, 4.69) is 42.3 Å². The fraction of sp³-hybridized carbons (Fsp3) is 0.333. The van der Waals surface area contributed by atoms with Crippen molar-refractivity contribution in [3.05, 3.63) is 60.4 Å². The van der Waals surface area contributed by atoms with Crippen molar-refractivity contribution < 1.29 is 4.79 Å². The molecule has 2 unspecified atom stereocenters. The Bertz CT molecular complexity index is 1010. The number of primary amides is 1. The van der Waals surface area contributed by atoms with Gasteiger partial charge in [-0.1, -0.05) is 42.8 Å². The summed E-state index contributed by atoms with van der Waals surface area (Å²) in [5.74, 6) is 0. The Balaban J connectivity index is 1.62. The topological polar surface area (TPSA) is 71.2 Å². The van der Waals surface area contributed by atoms with E-state index < -0.39 is 6.03 Å². The molecule has 2 atom stereocenters. The smallest absolute Gasteiger partial charge is 0.316 e. The number of amides is 2. The largest absolute Gasteiger partial charge is 0.351 e. The highest BCUT2D eigenvalue weighted by Crippen LogP contribution is 2.33. The normalized spacial score (nSPS) is 19.9. The van der Waals surface area contributed by atoms with Crippen molar-refractivity contribution >= 4 is 22.5 Å². The third kappa shape index (κ3) is 4.10. The molecule has 5 nitrogen and oxygen atoms in total. The molecule has 2 heterocycles. The maximum Gasteiger partial charge on any atom is 0.316 e. The molecule has 5 heteroatoms. The van der Waals surface area contributed by atoms with Gasteiger partial charge in [-0.3, -0.25) is 9.88 Å². The number of fused-ring (bicyclic) bond motifs is 1. The molecule has 0 spiro atoms. The van der Waals surface area contributed by atoms with Crippen molar-refractivity contribution in [1.82, 2.24) is 9.88 Å². The van der Waals surface area contributed by atoms with E-state index in [4.69, 9.17) is 10.7 Å². The summed E-state index contributed by atoms with van der Waals surface area (Å²) in [6, 6.07) is 16.8. The van der Waals surface area contributed by atoms with Crippen LogP contribution in [-0.4, -0.2) is 28.0 Å². The maximum absolute atomic E-state index is 11.3. The molecule has 1 aromatic heterocycles. The van der Waals surface area contributed by atoms with Gasteiger partial charge in [0.2, 0.25) is 0 Å². The maximum atomic E-state index is 11.3. The average molecular weight is 389 g/mol. The molecule has 4 rings (SSSR count). The lowest BCUT2D eigenvalue weighted by Crippen LogP contribution is -2.43. The number of nitrogens with one attached hydrogen (secondary N) is 1. The van der Waals surface area contributed by atoms with E-state index in [1.165, 1.54) is 19.3 Å². The molecule has 0 saturated carbocycles. The van der Waals surface area contributed by atoms with E-state index in [1.54, 1.807) is 0 Å².